The highest BCUT2D eigenvalue weighted by Gasteiger charge is 2.52. The molecule has 3 heterocycles. The van der Waals surface area contributed by atoms with Crippen molar-refractivity contribution in [3.05, 3.63) is 0 Å². The molecule has 3 rings (SSSR count). The first kappa shape index (κ1) is 54.1. The number of hydrogen-bond donors (Lipinski definition) is 2. The van der Waals surface area contributed by atoms with Crippen LogP contribution in [-0.2, 0) is 88.6 Å². The van der Waals surface area contributed by atoms with Gasteiger partial charge in [-0.25, -0.2) is 16.8 Å². The van der Waals surface area contributed by atoms with Crippen molar-refractivity contribution in [2.45, 2.75) is 101 Å². The summed E-state index contributed by atoms with van der Waals surface area (Å²) in [6, 6.07) is 0. The summed E-state index contributed by atoms with van der Waals surface area (Å²) in [7, 11) is 0.592. The molecule has 3 fully saturated rings. The molecule has 26 heteroatoms. The maximum atomic E-state index is 11.9. The highest BCUT2D eigenvalue weighted by Crippen LogP contribution is 2.41. The van der Waals surface area contributed by atoms with E-state index in [1.807, 2.05) is 13.3 Å². The van der Waals surface area contributed by atoms with Crippen LogP contribution < -0.4 is 0 Å². The number of rotatable bonds is 18. The Morgan fingerprint density at radius 1 is 0.946 bits per heavy atom. The molecule has 3 saturated heterocycles. The smallest absolute Gasteiger partial charge is 0.373 e. The first-order valence-electron chi connectivity index (χ1n) is 17.5. The van der Waals surface area contributed by atoms with Crippen molar-refractivity contribution in [1.29, 1.82) is 0 Å². The zero-order valence-corrected chi connectivity index (χ0v) is 37.7. The van der Waals surface area contributed by atoms with Crippen molar-refractivity contribution in [2.75, 3.05) is 56.7 Å². The number of aliphatic hydroxyl groups excluding tert-OH is 2. The Bertz CT molecular complexity index is 1430. The van der Waals surface area contributed by atoms with E-state index < -0.39 is 86.1 Å². The van der Waals surface area contributed by atoms with Gasteiger partial charge < -0.3 is 42.6 Å². The number of carbonyl (C=O) groups excluding carboxylic acids is 3. The molecule has 3 aliphatic rings. The Kier molecular flexibility index (Phi) is 24.8. The van der Waals surface area contributed by atoms with Gasteiger partial charge in [-0.2, -0.15) is 9.59 Å². The molecule has 322 valence electrons. The molecule has 16 atom stereocenters. The monoisotopic (exact) mass is 914 g/mol. The normalized spacial score (nSPS) is 33.3. The van der Waals surface area contributed by atoms with Crippen LogP contribution in [0, 0.1) is 17.8 Å². The van der Waals surface area contributed by atoms with E-state index in [0.717, 1.165) is 24.3 Å². The van der Waals surface area contributed by atoms with Gasteiger partial charge in [0.2, 0.25) is 20.8 Å². The Labute approximate surface area is 341 Å². The van der Waals surface area contributed by atoms with Gasteiger partial charge in [0, 0.05) is 11.8 Å². The summed E-state index contributed by atoms with van der Waals surface area (Å²) in [5, 5.41) is 20.0. The minimum absolute atomic E-state index is 0.00771. The summed E-state index contributed by atoms with van der Waals surface area (Å²) in [6.07, 6.45) is -3.28. The minimum atomic E-state index is -4.98. The molecule has 0 saturated carbocycles. The second kappa shape index (κ2) is 25.7. The molecule has 6 unspecified atom stereocenters. The highest BCUT2D eigenvalue weighted by atomic mass is 32.3. The first-order valence-corrected chi connectivity index (χ1v) is 27.0. The van der Waals surface area contributed by atoms with Crippen LogP contribution in [0.2, 0.25) is 0 Å². The molecule has 18 nitrogen and oxygen atoms in total. The Morgan fingerprint density at radius 3 is 1.84 bits per heavy atom. The van der Waals surface area contributed by atoms with Crippen molar-refractivity contribution in [2.24, 2.45) is 17.8 Å². The van der Waals surface area contributed by atoms with Crippen LogP contribution in [0.4, 0.5) is 0 Å². The van der Waals surface area contributed by atoms with Crippen molar-refractivity contribution >= 4 is 85.9 Å². The molecule has 0 aliphatic carbocycles. The number of esters is 1. The topological polar surface area (TPSA) is 271 Å². The van der Waals surface area contributed by atoms with Crippen LogP contribution in [-0.4, -0.2) is 173 Å². The third-order valence-electron chi connectivity index (χ3n) is 9.35. The van der Waals surface area contributed by atoms with Gasteiger partial charge in [-0.3, -0.25) is 13.2 Å². The third-order valence-corrected chi connectivity index (χ3v) is 17.8. The van der Waals surface area contributed by atoms with Gasteiger partial charge in [0.15, 0.2) is 6.29 Å². The molecule has 4 radical (unpaired) electrons. The van der Waals surface area contributed by atoms with Crippen LogP contribution >= 0.6 is 16.1 Å². The molecular weight excluding hydrogens is 860 g/mol. The molecule has 2 N–H and O–H groups in total. The van der Waals surface area contributed by atoms with Gasteiger partial charge in [0.25, 0.3) is 0 Å². The second-order valence-electron chi connectivity index (χ2n) is 13.3. The van der Waals surface area contributed by atoms with Gasteiger partial charge in [-0.05, 0) is 70.9 Å². The summed E-state index contributed by atoms with van der Waals surface area (Å²) < 4.78 is 102. The van der Waals surface area contributed by atoms with Gasteiger partial charge in [0.05, 0.1) is 20.3 Å². The lowest BCUT2D eigenvalue weighted by Crippen LogP contribution is -2.52. The van der Waals surface area contributed by atoms with Gasteiger partial charge >= 0.3 is 12.1 Å². The Balaban J connectivity index is 0.000000540. The lowest BCUT2D eigenvalue weighted by atomic mass is 10.0. The molecular formula is C30H54B2O18P2S4. The zero-order valence-electron chi connectivity index (χ0n) is 32.7. The van der Waals surface area contributed by atoms with Crippen molar-refractivity contribution in [1.82, 2.24) is 0 Å². The van der Waals surface area contributed by atoms with E-state index in [-0.39, 0.29) is 58.4 Å². The maximum absolute atomic E-state index is 11.9. The van der Waals surface area contributed by atoms with Gasteiger partial charge in [0.1, 0.15) is 91.2 Å². The summed E-state index contributed by atoms with van der Waals surface area (Å²) >= 11 is 0. The van der Waals surface area contributed by atoms with Crippen LogP contribution in [0.5, 0.6) is 0 Å². The summed E-state index contributed by atoms with van der Waals surface area (Å²) in [4.78, 5) is 28.1. The lowest BCUT2D eigenvalue weighted by Gasteiger charge is -2.37. The fraction of sp³-hybridized carbons (Fsp3) is 0.933. The lowest BCUT2D eigenvalue weighted by molar-refractivity contribution is -0.258. The van der Waals surface area contributed by atoms with E-state index in [1.165, 1.54) is 7.11 Å². The van der Waals surface area contributed by atoms with Crippen molar-refractivity contribution in [3.63, 3.8) is 0 Å². The standard InChI is InChI=1S/C17H30BO9PS2.C12H24BO7PS2.CO2/c1-6-15-10(2)13(26-28(5)18)8-29(15)9-14-12(27-30(20,21)22)7-24-17(25-14)11(3)16(19)23-4;1-4-12-8(2)11(19-21(3)13)7-22(12)6-9(15)10(5-14)20-23(16,17)18;2-1-3/h10-15,17H,6-9H2,1-5H3;8-12,14-15H,4-7H2,1-3H3;/t10-,11?,12-,13+,14+,15+,17?,28?,29?;8-,9+,10-,11+,12+,21?,22?;/m00./s1. The second-order valence-corrected chi connectivity index (χ2v) is 22.7. The average Bonchev–Trinajstić information content (AvgIpc) is 3.54. The fourth-order valence-corrected chi connectivity index (χ4v) is 16.1. The Morgan fingerprint density at radius 2 is 1.43 bits per heavy atom. The summed E-state index contributed by atoms with van der Waals surface area (Å²) in [5.74, 6) is 1.58. The van der Waals surface area contributed by atoms with E-state index in [4.69, 9.17) is 57.3 Å². The number of methoxy groups -OCH3 is 1. The molecule has 0 aromatic heterocycles. The number of aliphatic hydroxyl groups is 2. The highest BCUT2D eigenvalue weighted by molar-refractivity contribution is 7.98. The quantitative estimate of drug-likeness (QED) is 0.0460. The molecule has 56 heavy (non-hydrogen) atoms. The van der Waals surface area contributed by atoms with Crippen LogP contribution in [0.3, 0.4) is 0 Å². The molecule has 3 aliphatic heterocycles. The van der Waals surface area contributed by atoms with Crippen LogP contribution in [0.1, 0.15) is 47.5 Å². The first-order chi connectivity index (χ1) is 26.0. The van der Waals surface area contributed by atoms with E-state index >= 15 is 0 Å². The van der Waals surface area contributed by atoms with E-state index in [9.17, 15) is 35.8 Å². The zero-order chi connectivity index (χ0) is 43.1. The third kappa shape index (κ3) is 18.3. The maximum Gasteiger partial charge on any atom is 0.373 e. The molecule has 0 aromatic rings. The van der Waals surface area contributed by atoms with E-state index in [2.05, 4.69) is 31.9 Å². The minimum Gasteiger partial charge on any atom is -0.726 e. The molecule has 0 spiro atoms. The van der Waals surface area contributed by atoms with E-state index in [1.54, 1.807) is 6.92 Å². The van der Waals surface area contributed by atoms with Gasteiger partial charge in [-0.1, -0.05) is 27.7 Å². The number of ether oxygens (including phenoxy) is 3. The van der Waals surface area contributed by atoms with Crippen molar-refractivity contribution < 1.29 is 82.2 Å². The predicted octanol–water partition coefficient (Wildman–Crippen LogP) is 0.0679. The summed E-state index contributed by atoms with van der Waals surface area (Å²) in [5.41, 5.74) is 0. The Hall–Kier alpha value is 0.0399. The number of carbonyl (C=O) groups is 1. The average molecular weight is 915 g/mol. The van der Waals surface area contributed by atoms with Crippen LogP contribution in [0.15, 0.2) is 0 Å². The molecule has 0 aromatic carbocycles. The molecule has 0 bridgehead atoms. The van der Waals surface area contributed by atoms with Crippen molar-refractivity contribution in [3.8, 4) is 0 Å². The summed E-state index contributed by atoms with van der Waals surface area (Å²) in [6.45, 7) is 12.7. The number of hydrogen-bond acceptors (Lipinski definition) is 18. The molecule has 0 amide bonds. The predicted molar refractivity (Wildman–Crippen MR) is 211 cm³/mol. The largest absolute Gasteiger partial charge is 0.726 e. The van der Waals surface area contributed by atoms with Gasteiger partial charge in [-0.15, -0.1) is 0 Å². The SMILES string of the molecule is O=C=O.[B]P(C)O[C@@H]1C[S+](C[C@@H](O)[C@H](CO)OS(=O)(=O)[O-])[C@H](CC)[C@H]1C.[B]P(C)O[C@@H]1C[S+](C[C@H]2OC(C(C)C(=O)OC)OC[C@@H]2OS(=O)(=O)[O-])[C@H](CC)[C@H]1C. The van der Waals surface area contributed by atoms with E-state index in [0.29, 0.717) is 22.2 Å². The van der Waals surface area contributed by atoms with Crippen LogP contribution in [0.25, 0.3) is 0 Å². The fourth-order valence-electron chi connectivity index (χ4n) is 6.79.